The maximum absolute atomic E-state index is 13.1. The highest BCUT2D eigenvalue weighted by Gasteiger charge is 2.45. The first kappa shape index (κ1) is 23.5. The van der Waals surface area contributed by atoms with Gasteiger partial charge >= 0.3 is 6.18 Å². The average molecular weight is 488 g/mol. The normalized spacial score (nSPS) is 20.3. The van der Waals surface area contributed by atoms with E-state index in [1.165, 1.54) is 29.9 Å². The molecule has 2 aliphatic rings. The van der Waals surface area contributed by atoms with Crippen LogP contribution >= 0.6 is 11.3 Å². The van der Waals surface area contributed by atoms with Crippen molar-refractivity contribution in [1.82, 2.24) is 4.98 Å². The van der Waals surface area contributed by atoms with Gasteiger partial charge in [0.25, 0.3) is 0 Å². The van der Waals surface area contributed by atoms with E-state index >= 15 is 0 Å². The van der Waals surface area contributed by atoms with Gasteiger partial charge in [0, 0.05) is 27.3 Å². The lowest BCUT2D eigenvalue weighted by molar-refractivity contribution is -0.137. The molecule has 0 radical (unpaired) electrons. The lowest BCUT2D eigenvalue weighted by Crippen LogP contribution is -2.38. The van der Waals surface area contributed by atoms with Gasteiger partial charge in [0.05, 0.1) is 17.4 Å². The van der Waals surface area contributed by atoms with Gasteiger partial charge in [-0.1, -0.05) is 38.5 Å². The van der Waals surface area contributed by atoms with Crippen LogP contribution < -0.4 is 0 Å². The van der Waals surface area contributed by atoms with E-state index in [1.807, 2.05) is 31.4 Å². The first-order valence-electron chi connectivity index (χ1n) is 11.7. The molecule has 1 spiro atoms. The summed E-state index contributed by atoms with van der Waals surface area (Å²) in [5, 5.41) is 24.8. The summed E-state index contributed by atoms with van der Waals surface area (Å²) in [7, 11) is 0. The molecule has 5 rings (SSSR count). The molecule has 180 valence electrons. The molecule has 34 heavy (non-hydrogen) atoms. The number of nitrogens with zero attached hydrogens (tertiary/aromatic N) is 1. The number of rotatable bonds is 4. The van der Waals surface area contributed by atoms with Crippen LogP contribution in [0.5, 0.6) is 0 Å². The molecule has 2 aliphatic carbocycles. The number of pyridine rings is 1. The first-order chi connectivity index (χ1) is 16.1. The van der Waals surface area contributed by atoms with Crippen LogP contribution in [-0.4, -0.2) is 15.2 Å². The molecule has 2 heterocycles. The van der Waals surface area contributed by atoms with Crippen LogP contribution in [-0.2, 0) is 12.6 Å². The Labute approximate surface area is 201 Å². The second-order valence-electron chi connectivity index (χ2n) is 10.1. The number of hydrogen-bond acceptors (Lipinski definition) is 4. The summed E-state index contributed by atoms with van der Waals surface area (Å²) in [4.78, 5) is 5.94. The minimum Gasteiger partial charge on any atom is -0.388 e. The third kappa shape index (κ3) is 3.97. The molecule has 0 aliphatic heterocycles. The van der Waals surface area contributed by atoms with Gasteiger partial charge in [-0.25, -0.2) is 0 Å². The van der Waals surface area contributed by atoms with E-state index < -0.39 is 23.9 Å². The van der Waals surface area contributed by atoms with Gasteiger partial charge in [0.2, 0.25) is 0 Å². The molecular weight excluding hydrogens is 459 g/mol. The lowest BCUT2D eigenvalue weighted by Gasteiger charge is -2.47. The predicted octanol–water partition coefficient (Wildman–Crippen LogP) is 7.18. The van der Waals surface area contributed by atoms with Gasteiger partial charge in [-0.15, -0.1) is 11.3 Å². The monoisotopic (exact) mass is 487 g/mol. The number of alkyl halides is 3. The Bertz CT molecular complexity index is 1180. The fraction of sp³-hybridized carbons (Fsp3) is 0.444. The van der Waals surface area contributed by atoms with E-state index in [0.717, 1.165) is 58.8 Å². The summed E-state index contributed by atoms with van der Waals surface area (Å²) in [5.74, 6) is -0.0143. The van der Waals surface area contributed by atoms with Crippen LogP contribution in [0.25, 0.3) is 10.4 Å². The zero-order chi connectivity index (χ0) is 24.3. The quantitative estimate of drug-likeness (QED) is 0.410. The van der Waals surface area contributed by atoms with Crippen molar-refractivity contribution in [3.05, 3.63) is 75.4 Å². The third-order valence-electron chi connectivity index (χ3n) is 7.44. The van der Waals surface area contributed by atoms with E-state index in [1.54, 1.807) is 0 Å². The molecule has 1 aromatic carbocycles. The van der Waals surface area contributed by atoms with E-state index in [0.29, 0.717) is 17.5 Å². The standard InChI is InChI=1S/C27H28F3NO2S/c1-15(2)24-23(25(33)16-6-8-17(9-7-16)27(28,29)30)22(20-5-3-12-34-20)21-18(31-24)13-26(10-4-11-26)14-19(21)32/h3,5-9,12,15,19,25,32-33H,4,10-11,13-14H2,1-2H3/t19-,25+/m0/s1. The summed E-state index contributed by atoms with van der Waals surface area (Å²) in [6.07, 6.45) is -1.45. The Morgan fingerprint density at radius 1 is 1.12 bits per heavy atom. The maximum atomic E-state index is 13.1. The first-order valence-corrected chi connectivity index (χ1v) is 12.6. The molecule has 0 saturated heterocycles. The van der Waals surface area contributed by atoms with E-state index in [4.69, 9.17) is 4.98 Å². The van der Waals surface area contributed by atoms with Gasteiger partial charge in [0.1, 0.15) is 6.10 Å². The maximum Gasteiger partial charge on any atom is 0.416 e. The highest BCUT2D eigenvalue weighted by Crippen LogP contribution is 2.56. The Hall–Kier alpha value is -2.22. The van der Waals surface area contributed by atoms with Crippen LogP contribution in [0, 0.1) is 5.41 Å². The molecule has 7 heteroatoms. The minimum atomic E-state index is -4.44. The Morgan fingerprint density at radius 2 is 1.82 bits per heavy atom. The number of fused-ring (bicyclic) bond motifs is 1. The number of aliphatic hydroxyl groups is 2. The molecular formula is C27H28F3NO2S. The summed E-state index contributed by atoms with van der Waals surface area (Å²) < 4.78 is 39.3. The van der Waals surface area contributed by atoms with Crippen molar-refractivity contribution in [2.75, 3.05) is 0 Å². The van der Waals surface area contributed by atoms with Gasteiger partial charge in [-0.05, 0) is 66.2 Å². The average Bonchev–Trinajstić information content (AvgIpc) is 3.30. The van der Waals surface area contributed by atoms with Crippen molar-refractivity contribution < 1.29 is 23.4 Å². The van der Waals surface area contributed by atoms with Crippen molar-refractivity contribution in [2.24, 2.45) is 5.41 Å². The number of hydrogen-bond donors (Lipinski definition) is 2. The molecule has 0 bridgehead atoms. The van der Waals surface area contributed by atoms with Crippen LogP contribution in [0.15, 0.2) is 41.8 Å². The summed E-state index contributed by atoms with van der Waals surface area (Å²) in [6.45, 7) is 4.02. The largest absolute Gasteiger partial charge is 0.416 e. The molecule has 2 atom stereocenters. The summed E-state index contributed by atoms with van der Waals surface area (Å²) >= 11 is 1.52. The number of thiophene rings is 1. The van der Waals surface area contributed by atoms with Crippen molar-refractivity contribution in [3.63, 3.8) is 0 Å². The Morgan fingerprint density at radius 3 is 2.35 bits per heavy atom. The van der Waals surface area contributed by atoms with Crippen molar-refractivity contribution in [2.45, 2.75) is 70.3 Å². The molecule has 1 saturated carbocycles. The Balaban J connectivity index is 1.71. The zero-order valence-electron chi connectivity index (χ0n) is 19.2. The van der Waals surface area contributed by atoms with E-state index in [-0.39, 0.29) is 11.3 Å². The van der Waals surface area contributed by atoms with Crippen LogP contribution in [0.1, 0.15) is 91.3 Å². The number of aromatic nitrogens is 1. The van der Waals surface area contributed by atoms with Gasteiger partial charge in [0.15, 0.2) is 0 Å². The molecule has 3 nitrogen and oxygen atoms in total. The number of benzene rings is 1. The topological polar surface area (TPSA) is 53.4 Å². The molecule has 2 N–H and O–H groups in total. The van der Waals surface area contributed by atoms with E-state index in [9.17, 15) is 23.4 Å². The van der Waals surface area contributed by atoms with Gasteiger partial charge in [-0.2, -0.15) is 13.2 Å². The summed E-state index contributed by atoms with van der Waals surface area (Å²) in [5.41, 5.74) is 3.49. The fourth-order valence-corrected chi connectivity index (χ4v) is 6.40. The predicted molar refractivity (Wildman–Crippen MR) is 127 cm³/mol. The lowest BCUT2D eigenvalue weighted by atomic mass is 9.59. The van der Waals surface area contributed by atoms with Crippen LogP contribution in [0.4, 0.5) is 13.2 Å². The van der Waals surface area contributed by atoms with Gasteiger partial charge in [-0.3, -0.25) is 4.98 Å². The third-order valence-corrected chi connectivity index (χ3v) is 8.33. The smallest absolute Gasteiger partial charge is 0.388 e. The Kier molecular flexibility index (Phi) is 5.86. The van der Waals surface area contributed by atoms with E-state index in [2.05, 4.69) is 0 Å². The number of halogens is 3. The van der Waals surface area contributed by atoms with Crippen LogP contribution in [0.2, 0.25) is 0 Å². The van der Waals surface area contributed by atoms with Crippen molar-refractivity contribution >= 4 is 11.3 Å². The van der Waals surface area contributed by atoms with Crippen LogP contribution in [0.3, 0.4) is 0 Å². The molecule has 3 aromatic rings. The zero-order valence-corrected chi connectivity index (χ0v) is 20.0. The fourth-order valence-electron chi connectivity index (χ4n) is 5.60. The molecule has 1 fully saturated rings. The molecule has 0 amide bonds. The number of aliphatic hydroxyl groups excluding tert-OH is 2. The second-order valence-corrected chi connectivity index (χ2v) is 11.0. The SMILES string of the molecule is CC(C)c1nc2c(c(-c3cccs3)c1[C@H](O)c1ccc(C(F)(F)F)cc1)[C@@H](O)CC1(CCC1)C2. The van der Waals surface area contributed by atoms with Crippen molar-refractivity contribution in [3.8, 4) is 10.4 Å². The van der Waals surface area contributed by atoms with Crippen molar-refractivity contribution in [1.29, 1.82) is 0 Å². The minimum absolute atomic E-state index is 0.0143. The van der Waals surface area contributed by atoms with Gasteiger partial charge < -0.3 is 10.2 Å². The molecule has 0 unspecified atom stereocenters. The second kappa shape index (κ2) is 8.47. The highest BCUT2D eigenvalue weighted by molar-refractivity contribution is 7.13. The molecule has 2 aromatic heterocycles. The highest BCUT2D eigenvalue weighted by atomic mass is 32.1. The summed E-state index contributed by atoms with van der Waals surface area (Å²) in [6, 6.07) is 8.55.